The van der Waals surface area contributed by atoms with E-state index in [0.29, 0.717) is 16.5 Å². The van der Waals surface area contributed by atoms with Crippen molar-refractivity contribution in [1.29, 1.82) is 0 Å². The summed E-state index contributed by atoms with van der Waals surface area (Å²) in [5, 5.41) is 1.16. The first-order chi connectivity index (χ1) is 9.40. The number of amides is 1. The van der Waals surface area contributed by atoms with E-state index >= 15 is 0 Å². The van der Waals surface area contributed by atoms with Gasteiger partial charge in [0.15, 0.2) is 0 Å². The predicted molar refractivity (Wildman–Crippen MR) is 82.9 cm³/mol. The largest absolute Gasteiger partial charge is 0.338 e. The molecule has 108 valence electrons. The van der Waals surface area contributed by atoms with Crippen molar-refractivity contribution in [2.24, 2.45) is 11.7 Å². The maximum absolute atomic E-state index is 12.4. The van der Waals surface area contributed by atoms with Crippen LogP contribution in [0.3, 0.4) is 0 Å². The molecule has 1 aliphatic carbocycles. The number of nitrogens with zero attached hydrogens (tertiary/aromatic N) is 1. The monoisotopic (exact) mass is 312 g/mol. The maximum Gasteiger partial charge on any atom is 0.229 e. The lowest BCUT2D eigenvalue weighted by atomic mass is 10.0. The van der Waals surface area contributed by atoms with Crippen LogP contribution in [0.5, 0.6) is 0 Å². The molecule has 2 rings (SSSR count). The fourth-order valence-electron chi connectivity index (χ4n) is 2.41. The zero-order chi connectivity index (χ0) is 14.9. The lowest BCUT2D eigenvalue weighted by Crippen LogP contribution is -2.34. The molecule has 3 atom stereocenters. The molecule has 3 unspecified atom stereocenters. The Morgan fingerprint density at radius 2 is 2.10 bits per heavy atom. The predicted octanol–water partition coefficient (Wildman–Crippen LogP) is 3.42. The molecule has 1 aromatic rings. The summed E-state index contributed by atoms with van der Waals surface area (Å²) in [5.74, 6) is -0.0729. The Bertz CT molecular complexity index is 545. The Hall–Kier alpha value is -1.03. The first-order valence-electron chi connectivity index (χ1n) is 6.55. The van der Waals surface area contributed by atoms with E-state index in [1.807, 2.05) is 25.1 Å². The summed E-state index contributed by atoms with van der Waals surface area (Å²) in [7, 11) is 1.79. The van der Waals surface area contributed by atoms with Crippen LogP contribution in [-0.2, 0) is 4.79 Å². The minimum atomic E-state index is -0.136. The third kappa shape index (κ3) is 3.17. The van der Waals surface area contributed by atoms with E-state index in [9.17, 15) is 4.79 Å². The molecule has 1 aliphatic rings. The molecular weight excluding hydrogens is 295 g/mol. The van der Waals surface area contributed by atoms with Gasteiger partial charge in [0.1, 0.15) is 0 Å². The number of halogens is 2. The lowest BCUT2D eigenvalue weighted by Gasteiger charge is -2.28. The van der Waals surface area contributed by atoms with Gasteiger partial charge in [-0.15, -0.1) is 0 Å². The summed E-state index contributed by atoms with van der Waals surface area (Å²) in [6, 6.07) is 5.20. The standard InChI is InChI=1S/C15H18Cl2N2O/c1-9(13-6-4-11(16)8-14(13)17)19(2)15(20)10-3-5-12(18)7-10/h3-6,8-10,12H,7,18H2,1-2H3. The topological polar surface area (TPSA) is 46.3 Å². The number of hydrogen-bond donors (Lipinski definition) is 1. The molecule has 0 saturated carbocycles. The maximum atomic E-state index is 12.4. The van der Waals surface area contributed by atoms with E-state index in [0.717, 1.165) is 5.56 Å². The van der Waals surface area contributed by atoms with E-state index in [2.05, 4.69) is 0 Å². The fraction of sp³-hybridized carbons (Fsp3) is 0.400. The third-order valence-electron chi connectivity index (χ3n) is 3.78. The van der Waals surface area contributed by atoms with Crippen LogP contribution in [-0.4, -0.2) is 23.9 Å². The molecule has 5 heteroatoms. The molecule has 0 saturated heterocycles. The molecule has 0 fully saturated rings. The van der Waals surface area contributed by atoms with Gasteiger partial charge in [0.05, 0.1) is 12.0 Å². The van der Waals surface area contributed by atoms with Crippen molar-refractivity contribution >= 4 is 29.1 Å². The molecule has 2 N–H and O–H groups in total. The molecule has 1 amide bonds. The Kier molecular flexibility index (Phi) is 4.74. The van der Waals surface area contributed by atoms with Crippen molar-refractivity contribution in [3.63, 3.8) is 0 Å². The molecule has 20 heavy (non-hydrogen) atoms. The van der Waals surface area contributed by atoms with E-state index in [-0.39, 0.29) is 23.9 Å². The Morgan fingerprint density at radius 3 is 2.65 bits per heavy atom. The highest BCUT2D eigenvalue weighted by atomic mass is 35.5. The van der Waals surface area contributed by atoms with Gasteiger partial charge in [0.2, 0.25) is 5.91 Å². The number of carbonyl (C=O) groups is 1. The van der Waals surface area contributed by atoms with Gasteiger partial charge in [0.25, 0.3) is 0 Å². The summed E-state index contributed by atoms with van der Waals surface area (Å²) in [6.45, 7) is 1.95. The SMILES string of the molecule is CC(c1ccc(Cl)cc1Cl)N(C)C(=O)C1C=CC(N)C1. The van der Waals surface area contributed by atoms with Gasteiger partial charge in [-0.3, -0.25) is 4.79 Å². The van der Waals surface area contributed by atoms with Crippen LogP contribution in [0.15, 0.2) is 30.4 Å². The second-order valence-corrected chi connectivity index (χ2v) is 6.03. The van der Waals surface area contributed by atoms with E-state index < -0.39 is 0 Å². The molecule has 1 aromatic carbocycles. The highest BCUT2D eigenvalue weighted by molar-refractivity contribution is 6.35. The minimum absolute atomic E-state index is 0.0215. The smallest absolute Gasteiger partial charge is 0.229 e. The molecule has 0 radical (unpaired) electrons. The summed E-state index contributed by atoms with van der Waals surface area (Å²) >= 11 is 12.1. The van der Waals surface area contributed by atoms with Gasteiger partial charge in [-0.05, 0) is 31.0 Å². The summed E-state index contributed by atoms with van der Waals surface area (Å²) < 4.78 is 0. The average Bonchev–Trinajstić information content (AvgIpc) is 2.83. The molecule has 0 spiro atoms. The van der Waals surface area contributed by atoms with Crippen molar-refractivity contribution in [2.75, 3.05) is 7.05 Å². The van der Waals surface area contributed by atoms with Crippen molar-refractivity contribution in [3.8, 4) is 0 Å². The second-order valence-electron chi connectivity index (χ2n) is 5.18. The van der Waals surface area contributed by atoms with Gasteiger partial charge < -0.3 is 10.6 Å². The van der Waals surface area contributed by atoms with Gasteiger partial charge in [-0.25, -0.2) is 0 Å². The van der Waals surface area contributed by atoms with Crippen molar-refractivity contribution in [2.45, 2.75) is 25.4 Å². The van der Waals surface area contributed by atoms with Crippen LogP contribution in [0.1, 0.15) is 24.9 Å². The number of benzene rings is 1. The normalized spacial score (nSPS) is 22.9. The van der Waals surface area contributed by atoms with Gasteiger partial charge in [0, 0.05) is 23.1 Å². The Balaban J connectivity index is 2.14. The van der Waals surface area contributed by atoms with Crippen LogP contribution in [0.4, 0.5) is 0 Å². The molecule has 0 bridgehead atoms. The Labute approximate surface area is 129 Å². The van der Waals surface area contributed by atoms with Crippen LogP contribution in [0.25, 0.3) is 0 Å². The van der Waals surface area contributed by atoms with E-state index in [1.165, 1.54) is 0 Å². The first kappa shape index (κ1) is 15.4. The zero-order valence-electron chi connectivity index (χ0n) is 11.5. The first-order valence-corrected chi connectivity index (χ1v) is 7.31. The Morgan fingerprint density at radius 1 is 1.40 bits per heavy atom. The van der Waals surface area contributed by atoms with Crippen LogP contribution in [0.2, 0.25) is 10.0 Å². The molecule has 3 nitrogen and oxygen atoms in total. The molecule has 0 aliphatic heterocycles. The van der Waals surface area contributed by atoms with Gasteiger partial charge >= 0.3 is 0 Å². The highest BCUT2D eigenvalue weighted by Gasteiger charge is 2.28. The number of carbonyl (C=O) groups excluding carboxylic acids is 1. The lowest BCUT2D eigenvalue weighted by molar-refractivity contribution is -0.134. The summed E-state index contributed by atoms with van der Waals surface area (Å²) in [4.78, 5) is 14.1. The molecule has 0 aromatic heterocycles. The third-order valence-corrected chi connectivity index (χ3v) is 4.34. The van der Waals surface area contributed by atoms with Crippen molar-refractivity contribution in [3.05, 3.63) is 46.0 Å². The number of hydrogen-bond acceptors (Lipinski definition) is 2. The molecular formula is C15H18Cl2N2O. The quantitative estimate of drug-likeness (QED) is 0.869. The summed E-state index contributed by atoms with van der Waals surface area (Å²) in [5.41, 5.74) is 6.68. The minimum Gasteiger partial charge on any atom is -0.338 e. The van der Waals surface area contributed by atoms with Crippen molar-refractivity contribution < 1.29 is 4.79 Å². The van der Waals surface area contributed by atoms with Crippen LogP contribution < -0.4 is 5.73 Å². The highest BCUT2D eigenvalue weighted by Crippen LogP contribution is 2.30. The van der Waals surface area contributed by atoms with Gasteiger partial charge in [-0.1, -0.05) is 41.4 Å². The van der Waals surface area contributed by atoms with E-state index in [1.54, 1.807) is 24.1 Å². The van der Waals surface area contributed by atoms with Gasteiger partial charge in [-0.2, -0.15) is 0 Å². The summed E-state index contributed by atoms with van der Waals surface area (Å²) in [6.07, 6.45) is 4.44. The van der Waals surface area contributed by atoms with Crippen LogP contribution in [0, 0.1) is 5.92 Å². The molecule has 0 heterocycles. The second kappa shape index (κ2) is 6.17. The number of rotatable bonds is 3. The zero-order valence-corrected chi connectivity index (χ0v) is 13.0. The number of nitrogens with two attached hydrogens (primary N) is 1. The van der Waals surface area contributed by atoms with Crippen LogP contribution >= 0.6 is 23.2 Å². The van der Waals surface area contributed by atoms with Crippen molar-refractivity contribution in [1.82, 2.24) is 4.90 Å². The average molecular weight is 313 g/mol. The van der Waals surface area contributed by atoms with E-state index in [4.69, 9.17) is 28.9 Å². The fourth-order valence-corrected chi connectivity index (χ4v) is 2.98.